The number of anilines is 1. The summed E-state index contributed by atoms with van der Waals surface area (Å²) in [7, 11) is 2.16. The number of hydrogen-bond donors (Lipinski definition) is 1. The van der Waals surface area contributed by atoms with Gasteiger partial charge in [-0.15, -0.1) is 0 Å². The summed E-state index contributed by atoms with van der Waals surface area (Å²) >= 11 is 12.4. The summed E-state index contributed by atoms with van der Waals surface area (Å²) in [6, 6.07) is 13.6. The van der Waals surface area contributed by atoms with E-state index in [0.717, 1.165) is 62.3 Å². The Balaban J connectivity index is 1.07. The number of para-hydroxylation sites is 1. The summed E-state index contributed by atoms with van der Waals surface area (Å²) in [5.74, 6) is -0.182. The number of nitrogens with zero attached hydrogens (tertiary/aromatic N) is 5. The van der Waals surface area contributed by atoms with Crippen LogP contribution in [0.3, 0.4) is 0 Å². The molecule has 0 spiro atoms. The van der Waals surface area contributed by atoms with Gasteiger partial charge < -0.3 is 29.7 Å². The molecule has 248 valence electrons. The number of ether oxygens (including phenoxy) is 1. The Hall–Kier alpha value is -3.05. The number of piperidine rings is 2. The monoisotopic (exact) mass is 670 g/mol. The highest BCUT2D eigenvalue weighted by atomic mass is 35.5. The molecule has 4 aliphatic rings. The van der Waals surface area contributed by atoms with Gasteiger partial charge >= 0.3 is 12.1 Å². The molecule has 1 atom stereocenters. The number of rotatable bonds is 6. The predicted octanol–water partition coefficient (Wildman–Crippen LogP) is 4.83. The number of urea groups is 1. The van der Waals surface area contributed by atoms with Crippen molar-refractivity contribution in [1.29, 1.82) is 0 Å². The summed E-state index contributed by atoms with van der Waals surface area (Å²) in [5, 5.41) is 3.87. The first-order chi connectivity index (χ1) is 22.2. The lowest BCUT2D eigenvalue weighted by molar-refractivity contribution is -0.143. The quantitative estimate of drug-likeness (QED) is 0.474. The van der Waals surface area contributed by atoms with Gasteiger partial charge in [0.15, 0.2) is 6.10 Å². The molecule has 4 aliphatic heterocycles. The van der Waals surface area contributed by atoms with Gasteiger partial charge in [-0.1, -0.05) is 47.5 Å². The summed E-state index contributed by atoms with van der Waals surface area (Å²) in [4.78, 5) is 50.7. The summed E-state index contributed by atoms with van der Waals surface area (Å²) in [5.41, 5.74) is 2.76. The van der Waals surface area contributed by atoms with Gasteiger partial charge in [0, 0.05) is 70.0 Å². The maximum Gasteiger partial charge on any atom is 0.410 e. The smallest absolute Gasteiger partial charge is 0.410 e. The number of piperazine rings is 1. The molecule has 2 aromatic rings. The minimum Gasteiger partial charge on any atom is -0.436 e. The fourth-order valence-corrected chi connectivity index (χ4v) is 7.55. The van der Waals surface area contributed by atoms with Crippen LogP contribution in [-0.4, -0.2) is 127 Å². The first kappa shape index (κ1) is 32.9. The van der Waals surface area contributed by atoms with Crippen LogP contribution < -0.4 is 5.32 Å². The van der Waals surface area contributed by atoms with Crippen LogP contribution in [0.5, 0.6) is 0 Å². The first-order valence-corrected chi connectivity index (χ1v) is 17.3. The lowest BCUT2D eigenvalue weighted by Gasteiger charge is -2.42. The molecule has 0 radical (unpaired) electrons. The zero-order chi connectivity index (χ0) is 32.2. The Morgan fingerprint density at radius 1 is 0.848 bits per heavy atom. The summed E-state index contributed by atoms with van der Waals surface area (Å²) in [6.07, 6.45) is 3.08. The molecule has 0 aliphatic carbocycles. The second kappa shape index (κ2) is 14.8. The molecule has 3 saturated heterocycles. The normalized spacial score (nSPS) is 21.4. The zero-order valence-electron chi connectivity index (χ0n) is 26.5. The molecule has 0 unspecified atom stereocenters. The Kier molecular flexibility index (Phi) is 10.6. The van der Waals surface area contributed by atoms with Crippen LogP contribution in [0, 0.1) is 0 Å². The third-order valence-electron chi connectivity index (χ3n) is 10.1. The van der Waals surface area contributed by atoms with Crippen LogP contribution in [0.4, 0.5) is 15.3 Å². The van der Waals surface area contributed by atoms with Crippen LogP contribution >= 0.6 is 23.2 Å². The minimum absolute atomic E-state index is 0.0212. The second-order valence-electron chi connectivity index (χ2n) is 13.0. The Morgan fingerprint density at radius 3 is 2.26 bits per heavy atom. The van der Waals surface area contributed by atoms with Crippen molar-refractivity contribution in [2.75, 3.05) is 71.3 Å². The van der Waals surface area contributed by atoms with Crippen LogP contribution in [0.15, 0.2) is 42.5 Å². The van der Waals surface area contributed by atoms with Crippen LogP contribution in [0.2, 0.25) is 10.0 Å². The molecule has 12 heteroatoms. The number of benzene rings is 2. The number of hydrogen-bond acceptors (Lipinski definition) is 6. The molecule has 4 amide bonds. The third kappa shape index (κ3) is 7.73. The van der Waals surface area contributed by atoms with Crippen molar-refractivity contribution in [3.05, 3.63) is 63.6 Å². The third-order valence-corrected chi connectivity index (χ3v) is 10.8. The number of amides is 4. The van der Waals surface area contributed by atoms with Gasteiger partial charge in [-0.25, -0.2) is 9.59 Å². The van der Waals surface area contributed by atoms with E-state index in [-0.39, 0.29) is 24.4 Å². The average molecular weight is 672 g/mol. The molecule has 2 aromatic carbocycles. The van der Waals surface area contributed by atoms with Gasteiger partial charge in [-0.05, 0) is 81.6 Å². The van der Waals surface area contributed by atoms with Crippen molar-refractivity contribution in [3.63, 3.8) is 0 Å². The summed E-state index contributed by atoms with van der Waals surface area (Å²) < 4.78 is 6.01. The molecule has 0 saturated carbocycles. The Morgan fingerprint density at radius 2 is 1.54 bits per heavy atom. The number of nitrogens with one attached hydrogen (secondary N) is 1. The van der Waals surface area contributed by atoms with E-state index in [4.69, 9.17) is 27.9 Å². The maximum atomic E-state index is 13.9. The van der Waals surface area contributed by atoms with Crippen molar-refractivity contribution in [3.8, 4) is 0 Å². The number of fused-ring (bicyclic) bond motifs is 1. The molecular weight excluding hydrogens is 627 g/mol. The highest BCUT2D eigenvalue weighted by Gasteiger charge is 2.36. The van der Waals surface area contributed by atoms with Gasteiger partial charge in [0.25, 0.3) is 5.91 Å². The van der Waals surface area contributed by atoms with E-state index in [1.165, 1.54) is 0 Å². The van der Waals surface area contributed by atoms with Crippen molar-refractivity contribution in [2.24, 2.45) is 0 Å². The van der Waals surface area contributed by atoms with Gasteiger partial charge in [0.2, 0.25) is 0 Å². The number of likely N-dealkylation sites (tertiary alicyclic amines) is 2. The number of carbonyl (C=O) groups excluding carboxylic acids is 3. The molecule has 3 fully saturated rings. The van der Waals surface area contributed by atoms with Crippen LogP contribution in [-0.2, 0) is 22.4 Å². The highest BCUT2D eigenvalue weighted by Crippen LogP contribution is 2.27. The van der Waals surface area contributed by atoms with Gasteiger partial charge in [-0.2, -0.15) is 0 Å². The van der Waals surface area contributed by atoms with Crippen molar-refractivity contribution in [2.45, 2.75) is 56.7 Å². The van der Waals surface area contributed by atoms with Crippen LogP contribution in [0.1, 0.15) is 36.8 Å². The highest BCUT2D eigenvalue weighted by molar-refractivity contribution is 6.42. The van der Waals surface area contributed by atoms with Crippen molar-refractivity contribution in [1.82, 2.24) is 24.5 Å². The molecule has 10 nitrogen and oxygen atoms in total. The van der Waals surface area contributed by atoms with E-state index in [1.807, 2.05) is 40.1 Å². The van der Waals surface area contributed by atoms with Crippen molar-refractivity contribution >= 4 is 46.9 Å². The van der Waals surface area contributed by atoms with Crippen molar-refractivity contribution < 1.29 is 19.1 Å². The lowest BCUT2D eigenvalue weighted by atomic mass is 10.0. The molecule has 4 heterocycles. The van der Waals surface area contributed by atoms with E-state index < -0.39 is 12.2 Å². The Labute approximate surface area is 281 Å². The largest absolute Gasteiger partial charge is 0.436 e. The first-order valence-electron chi connectivity index (χ1n) is 16.5. The minimum atomic E-state index is -0.979. The Bertz CT molecular complexity index is 1400. The zero-order valence-corrected chi connectivity index (χ0v) is 28.0. The van der Waals surface area contributed by atoms with E-state index >= 15 is 0 Å². The fraction of sp³-hybridized carbons (Fsp3) is 0.559. The van der Waals surface area contributed by atoms with E-state index in [0.29, 0.717) is 61.7 Å². The number of halogens is 2. The van der Waals surface area contributed by atoms with Gasteiger partial charge in [0.05, 0.1) is 10.0 Å². The topological polar surface area (TPSA) is 88.7 Å². The van der Waals surface area contributed by atoms with E-state index in [9.17, 15) is 14.4 Å². The molecule has 1 N–H and O–H groups in total. The van der Waals surface area contributed by atoms with Gasteiger partial charge in [-0.3, -0.25) is 9.69 Å². The summed E-state index contributed by atoms with van der Waals surface area (Å²) in [6.45, 7) is 6.56. The number of carbonyl (C=O) groups is 3. The lowest BCUT2D eigenvalue weighted by Crippen LogP contribution is -2.56. The van der Waals surface area contributed by atoms with E-state index in [1.54, 1.807) is 17.0 Å². The van der Waals surface area contributed by atoms with Crippen LogP contribution in [0.25, 0.3) is 0 Å². The average Bonchev–Trinajstić information content (AvgIpc) is 3.24. The molecule has 6 rings (SSSR count). The fourth-order valence-electron chi connectivity index (χ4n) is 7.23. The SMILES string of the molecule is CN1CCC(N2CCN(C(=O)[C@@H](Cc3ccc(Cl)c(Cl)c3)OC(=O)N3CCC(N4CCc5ccccc5NC4=O)CC3)CC2)CC1. The molecule has 46 heavy (non-hydrogen) atoms. The maximum absolute atomic E-state index is 13.9. The standard InChI is InChI=1S/C34H44Cl2N6O4/c1-38-13-9-26(10-14-38)39-18-20-40(21-19-39)32(43)31(23-24-6-7-28(35)29(36)22-24)46-34(45)41-15-11-27(12-16-41)42-17-8-25-4-2-3-5-30(25)37-33(42)44/h2-7,22,26-27,31H,8-21,23H2,1H3,(H,37,44)/t31-/m1/s1. The molecule has 0 aromatic heterocycles. The second-order valence-corrected chi connectivity index (χ2v) is 13.8. The molecular formula is C34H44Cl2N6O4. The predicted molar refractivity (Wildman–Crippen MR) is 180 cm³/mol. The van der Waals surface area contributed by atoms with E-state index in [2.05, 4.69) is 22.2 Å². The molecule has 0 bridgehead atoms. The van der Waals surface area contributed by atoms with Gasteiger partial charge in [0.1, 0.15) is 0 Å².